The van der Waals surface area contributed by atoms with Crippen molar-refractivity contribution < 1.29 is 0 Å². The second kappa shape index (κ2) is 7.85. The number of fused-ring (bicyclic) bond motifs is 2. The van der Waals surface area contributed by atoms with Crippen molar-refractivity contribution in [2.45, 2.75) is 13.0 Å². The van der Waals surface area contributed by atoms with E-state index >= 15 is 0 Å². The van der Waals surface area contributed by atoms with E-state index in [4.69, 9.17) is 4.98 Å². The topological polar surface area (TPSA) is 71.6 Å². The zero-order chi connectivity index (χ0) is 21.2. The summed E-state index contributed by atoms with van der Waals surface area (Å²) < 4.78 is 1.50. The Morgan fingerprint density at radius 1 is 0.903 bits per heavy atom. The third-order valence-electron chi connectivity index (χ3n) is 5.42. The van der Waals surface area contributed by atoms with Gasteiger partial charge in [0, 0.05) is 22.9 Å². The van der Waals surface area contributed by atoms with Crippen molar-refractivity contribution in [1.29, 1.82) is 5.26 Å². The number of pyridine rings is 1. The molecule has 0 unspecified atom stereocenters. The van der Waals surface area contributed by atoms with E-state index in [1.54, 1.807) is 18.3 Å². The predicted molar refractivity (Wildman–Crippen MR) is 122 cm³/mol. The standard InChI is InChI=1S/C26H18N4O/c27-16-18-5-3-7-20(15-18)23-9-4-8-21-17-28-30(26(31)25(21)23)14-13-22-12-11-19-6-1-2-10-24(19)29-22/h1-12,15,17H,13-14H2. The number of nitriles is 1. The zero-order valence-corrected chi connectivity index (χ0v) is 16.7. The maximum atomic E-state index is 13.3. The van der Waals surface area contributed by atoms with Crippen LogP contribution in [0.3, 0.4) is 0 Å². The van der Waals surface area contributed by atoms with Gasteiger partial charge >= 0.3 is 0 Å². The van der Waals surface area contributed by atoms with Crippen LogP contribution in [0.2, 0.25) is 0 Å². The first-order valence-electron chi connectivity index (χ1n) is 10.1. The number of rotatable bonds is 4. The van der Waals surface area contributed by atoms with Gasteiger partial charge in [-0.15, -0.1) is 0 Å². The van der Waals surface area contributed by atoms with Gasteiger partial charge in [0.1, 0.15) is 0 Å². The summed E-state index contributed by atoms with van der Waals surface area (Å²) in [5.74, 6) is 0. The molecule has 31 heavy (non-hydrogen) atoms. The number of hydrogen-bond acceptors (Lipinski definition) is 4. The molecule has 0 aliphatic heterocycles. The minimum atomic E-state index is -0.142. The number of aryl methyl sites for hydroxylation is 2. The Morgan fingerprint density at radius 2 is 1.74 bits per heavy atom. The normalized spacial score (nSPS) is 10.9. The molecule has 0 bridgehead atoms. The van der Waals surface area contributed by atoms with Crippen molar-refractivity contribution in [1.82, 2.24) is 14.8 Å². The Bertz CT molecular complexity index is 1530. The molecule has 0 spiro atoms. The molecule has 0 radical (unpaired) electrons. The number of aromatic nitrogens is 3. The molecule has 148 valence electrons. The van der Waals surface area contributed by atoms with E-state index in [0.717, 1.165) is 33.1 Å². The lowest BCUT2D eigenvalue weighted by Crippen LogP contribution is -2.24. The van der Waals surface area contributed by atoms with E-state index in [1.165, 1.54) is 4.68 Å². The van der Waals surface area contributed by atoms with Gasteiger partial charge in [0.15, 0.2) is 0 Å². The van der Waals surface area contributed by atoms with Crippen molar-refractivity contribution in [2.24, 2.45) is 0 Å². The number of nitrogens with zero attached hydrogens (tertiary/aromatic N) is 4. The summed E-state index contributed by atoms with van der Waals surface area (Å²) in [5, 5.41) is 16.1. The number of benzene rings is 3. The van der Waals surface area contributed by atoms with E-state index in [-0.39, 0.29) is 5.56 Å². The molecule has 0 saturated heterocycles. The summed E-state index contributed by atoms with van der Waals surface area (Å²) in [6.07, 6.45) is 2.33. The summed E-state index contributed by atoms with van der Waals surface area (Å²) in [4.78, 5) is 18.0. The largest absolute Gasteiger partial charge is 0.275 e. The van der Waals surface area contributed by atoms with Gasteiger partial charge in [0.05, 0.1) is 35.3 Å². The van der Waals surface area contributed by atoms with Crippen LogP contribution >= 0.6 is 0 Å². The molecule has 0 amide bonds. The molecule has 0 fully saturated rings. The van der Waals surface area contributed by atoms with E-state index in [9.17, 15) is 10.1 Å². The molecule has 3 aromatic carbocycles. The number of para-hydroxylation sites is 1. The molecule has 0 atom stereocenters. The minimum absolute atomic E-state index is 0.142. The Labute approximate surface area is 178 Å². The highest BCUT2D eigenvalue weighted by Crippen LogP contribution is 2.26. The van der Waals surface area contributed by atoms with E-state index in [1.807, 2.05) is 60.7 Å². The molecule has 5 nitrogen and oxygen atoms in total. The molecule has 5 rings (SSSR count). The summed E-state index contributed by atoms with van der Waals surface area (Å²) in [6, 6.07) is 27.2. The maximum Gasteiger partial charge on any atom is 0.275 e. The second-order valence-corrected chi connectivity index (χ2v) is 7.38. The summed E-state index contributed by atoms with van der Waals surface area (Å²) in [5.41, 5.74) is 3.93. The fraction of sp³-hybridized carbons (Fsp3) is 0.0769. The smallest absolute Gasteiger partial charge is 0.267 e. The van der Waals surface area contributed by atoms with Gasteiger partial charge in [0.25, 0.3) is 5.56 Å². The van der Waals surface area contributed by atoms with Gasteiger partial charge in [-0.25, -0.2) is 4.68 Å². The van der Waals surface area contributed by atoms with Crippen LogP contribution in [0, 0.1) is 11.3 Å². The Kier molecular flexibility index (Phi) is 4.74. The van der Waals surface area contributed by atoms with E-state index < -0.39 is 0 Å². The van der Waals surface area contributed by atoms with Gasteiger partial charge < -0.3 is 0 Å². The highest BCUT2D eigenvalue weighted by atomic mass is 16.1. The lowest BCUT2D eigenvalue weighted by atomic mass is 9.99. The maximum absolute atomic E-state index is 13.3. The van der Waals surface area contributed by atoms with Crippen LogP contribution in [-0.2, 0) is 13.0 Å². The molecular weight excluding hydrogens is 384 g/mol. The van der Waals surface area contributed by atoms with Crippen LogP contribution in [0.1, 0.15) is 11.3 Å². The van der Waals surface area contributed by atoms with Crippen LogP contribution in [0.15, 0.2) is 89.9 Å². The second-order valence-electron chi connectivity index (χ2n) is 7.38. The highest BCUT2D eigenvalue weighted by Gasteiger charge is 2.11. The fourth-order valence-electron chi connectivity index (χ4n) is 3.85. The van der Waals surface area contributed by atoms with Crippen LogP contribution in [-0.4, -0.2) is 14.8 Å². The van der Waals surface area contributed by atoms with Crippen LogP contribution in [0.4, 0.5) is 0 Å². The van der Waals surface area contributed by atoms with E-state index in [2.05, 4.69) is 17.2 Å². The van der Waals surface area contributed by atoms with Crippen molar-refractivity contribution in [3.05, 3.63) is 107 Å². The van der Waals surface area contributed by atoms with E-state index in [0.29, 0.717) is 23.9 Å². The van der Waals surface area contributed by atoms with Crippen molar-refractivity contribution >= 4 is 21.7 Å². The van der Waals surface area contributed by atoms with Gasteiger partial charge in [-0.1, -0.05) is 54.6 Å². The first-order valence-corrected chi connectivity index (χ1v) is 10.1. The van der Waals surface area contributed by atoms with Crippen molar-refractivity contribution in [3.63, 3.8) is 0 Å². The summed E-state index contributed by atoms with van der Waals surface area (Å²) >= 11 is 0. The van der Waals surface area contributed by atoms with Gasteiger partial charge in [0.2, 0.25) is 0 Å². The Balaban J connectivity index is 1.53. The summed E-state index contributed by atoms with van der Waals surface area (Å²) in [7, 11) is 0. The molecule has 2 heterocycles. The fourth-order valence-corrected chi connectivity index (χ4v) is 3.85. The Hall–Kier alpha value is -4.30. The Morgan fingerprint density at radius 3 is 2.65 bits per heavy atom. The van der Waals surface area contributed by atoms with Crippen molar-refractivity contribution in [2.75, 3.05) is 0 Å². The zero-order valence-electron chi connectivity index (χ0n) is 16.7. The average Bonchev–Trinajstić information content (AvgIpc) is 2.83. The third kappa shape index (κ3) is 3.56. The molecule has 5 aromatic rings. The van der Waals surface area contributed by atoms with Gasteiger partial charge in [-0.3, -0.25) is 9.78 Å². The molecule has 0 saturated carbocycles. The third-order valence-corrected chi connectivity index (χ3v) is 5.42. The van der Waals surface area contributed by atoms with Crippen LogP contribution in [0.5, 0.6) is 0 Å². The minimum Gasteiger partial charge on any atom is -0.267 e. The highest BCUT2D eigenvalue weighted by molar-refractivity contribution is 5.95. The van der Waals surface area contributed by atoms with Gasteiger partial charge in [-0.2, -0.15) is 10.4 Å². The molecule has 0 aliphatic rings. The lowest BCUT2D eigenvalue weighted by Gasteiger charge is -2.10. The molecule has 0 N–H and O–H groups in total. The monoisotopic (exact) mass is 402 g/mol. The van der Waals surface area contributed by atoms with Gasteiger partial charge in [-0.05, 0) is 35.4 Å². The van der Waals surface area contributed by atoms with Crippen molar-refractivity contribution in [3.8, 4) is 17.2 Å². The first-order chi connectivity index (χ1) is 15.2. The molecule has 0 aliphatic carbocycles. The predicted octanol–water partition coefficient (Wildman–Crippen LogP) is 4.73. The summed E-state index contributed by atoms with van der Waals surface area (Å²) in [6.45, 7) is 0.437. The van der Waals surface area contributed by atoms with Crippen LogP contribution < -0.4 is 5.56 Å². The quantitative estimate of drug-likeness (QED) is 0.436. The number of hydrogen-bond donors (Lipinski definition) is 0. The SMILES string of the molecule is N#Cc1cccc(-c2cccc3cnn(CCc4ccc5ccccc5n4)c(=O)c23)c1. The molecular formula is C26H18N4O. The molecule has 5 heteroatoms. The van der Waals surface area contributed by atoms with Crippen LogP contribution in [0.25, 0.3) is 32.8 Å². The average molecular weight is 402 g/mol. The first kappa shape index (κ1) is 18.7. The lowest BCUT2D eigenvalue weighted by molar-refractivity contribution is 0.580. The molecule has 2 aromatic heterocycles.